The van der Waals surface area contributed by atoms with Crippen LogP contribution in [0.25, 0.3) is 0 Å². The number of nitrogens with zero attached hydrogens (tertiary/aromatic N) is 1. The summed E-state index contributed by atoms with van der Waals surface area (Å²) in [5.41, 5.74) is -5.67. The van der Waals surface area contributed by atoms with Gasteiger partial charge < -0.3 is 4.74 Å². The summed E-state index contributed by atoms with van der Waals surface area (Å²) < 4.78 is 115. The maximum absolute atomic E-state index is 13.4. The Labute approximate surface area is 127 Å². The number of alkyl halides is 7. The summed E-state index contributed by atoms with van der Waals surface area (Å²) in [4.78, 5) is 11.1. The van der Waals surface area contributed by atoms with Crippen molar-refractivity contribution in [2.45, 2.75) is 31.4 Å². The summed E-state index contributed by atoms with van der Waals surface area (Å²) in [5.74, 6) is -2.85. The van der Waals surface area contributed by atoms with Gasteiger partial charge in [-0.15, -0.1) is 0 Å². The molecule has 0 aromatic rings. The molecule has 0 spiro atoms. The van der Waals surface area contributed by atoms with Gasteiger partial charge in [0, 0.05) is 13.5 Å². The fourth-order valence-corrected chi connectivity index (χ4v) is 2.51. The molecule has 0 amide bonds. The molecule has 0 fully saturated rings. The lowest BCUT2D eigenvalue weighted by Gasteiger charge is -2.30. The van der Waals surface area contributed by atoms with Crippen molar-refractivity contribution in [2.24, 2.45) is 0 Å². The second kappa shape index (κ2) is 7.20. The minimum atomic E-state index is -6.33. The highest BCUT2D eigenvalue weighted by Gasteiger charge is 2.72. The van der Waals surface area contributed by atoms with Gasteiger partial charge in [-0.25, -0.2) is 12.8 Å². The molecule has 23 heavy (non-hydrogen) atoms. The van der Waals surface area contributed by atoms with E-state index in [9.17, 15) is 43.9 Å². The molecule has 0 radical (unpaired) electrons. The first-order valence-electron chi connectivity index (χ1n) is 6.00. The Morgan fingerprint density at radius 1 is 1.04 bits per heavy atom. The summed E-state index contributed by atoms with van der Waals surface area (Å²) in [6.45, 7) is 0.368. The maximum atomic E-state index is 13.4. The second-order valence-electron chi connectivity index (χ2n) is 4.42. The van der Waals surface area contributed by atoms with Crippen LogP contribution in [0.4, 0.5) is 30.7 Å². The first-order valence-corrected chi connectivity index (χ1v) is 7.61. The number of halogens is 7. The molecule has 0 heterocycles. The molecule has 13 heteroatoms. The zero-order chi connectivity index (χ0) is 18.7. The fraction of sp³-hybridized carbons (Fsp3) is 0.900. The Bertz CT molecular complexity index is 500. The highest BCUT2D eigenvalue weighted by molar-refractivity contribution is 7.89. The van der Waals surface area contributed by atoms with E-state index in [4.69, 9.17) is 0 Å². The van der Waals surface area contributed by atoms with E-state index < -0.39 is 52.7 Å². The number of likely N-dealkylation sites (N-methyl/N-ethyl adjacent to an activating group) is 1. The topological polar surface area (TPSA) is 63.7 Å². The first kappa shape index (κ1) is 21.9. The average molecular weight is 377 g/mol. The normalized spacial score (nSPS) is 14.2. The summed E-state index contributed by atoms with van der Waals surface area (Å²) in [6.07, 6.45) is -15.0. The van der Waals surface area contributed by atoms with Gasteiger partial charge in [0.2, 0.25) is 10.0 Å². The Morgan fingerprint density at radius 2 is 1.48 bits per heavy atom. The predicted octanol–water partition coefficient (Wildman–Crippen LogP) is 2.03. The van der Waals surface area contributed by atoms with Gasteiger partial charge in [0.1, 0.15) is 6.54 Å². The van der Waals surface area contributed by atoms with Crippen molar-refractivity contribution in [1.82, 2.24) is 4.31 Å². The van der Waals surface area contributed by atoms with Crippen LogP contribution in [-0.2, 0) is 19.6 Å². The second-order valence-corrected chi connectivity index (χ2v) is 6.62. The number of rotatable bonds is 7. The molecule has 0 saturated carbocycles. The van der Waals surface area contributed by atoms with E-state index >= 15 is 0 Å². The van der Waals surface area contributed by atoms with Crippen molar-refractivity contribution < 1.29 is 48.7 Å². The third-order valence-corrected chi connectivity index (χ3v) is 4.53. The number of hydrogen-bond donors (Lipinski definition) is 0. The third kappa shape index (κ3) is 5.48. The van der Waals surface area contributed by atoms with Crippen LogP contribution in [0.5, 0.6) is 0 Å². The molecule has 0 aliphatic heterocycles. The maximum Gasteiger partial charge on any atom is 0.431 e. The molecule has 0 aromatic heterocycles. The molecule has 0 saturated heterocycles. The predicted molar refractivity (Wildman–Crippen MR) is 63.6 cm³/mol. The van der Waals surface area contributed by atoms with Crippen molar-refractivity contribution in [1.29, 1.82) is 0 Å². The van der Waals surface area contributed by atoms with Crippen molar-refractivity contribution in [3.63, 3.8) is 0 Å². The summed E-state index contributed by atoms with van der Waals surface area (Å²) >= 11 is 0. The molecule has 0 N–H and O–H groups in total. The summed E-state index contributed by atoms with van der Waals surface area (Å²) in [7, 11) is -3.99. The SMILES string of the molecule is CCOC(=O)CN(C)S(=O)(=O)CCC(F)(C(F)(F)F)C(F)(F)F. The van der Waals surface area contributed by atoms with E-state index in [1.165, 1.54) is 6.92 Å². The van der Waals surface area contributed by atoms with Gasteiger partial charge in [-0.1, -0.05) is 0 Å². The molecule has 0 rings (SSSR count). The molecular formula is C10H14F7NO4S. The Morgan fingerprint density at radius 3 is 1.83 bits per heavy atom. The van der Waals surface area contributed by atoms with Crippen LogP contribution in [0.3, 0.4) is 0 Å². The first-order chi connectivity index (χ1) is 10.1. The molecule has 5 nitrogen and oxygen atoms in total. The Hall–Kier alpha value is -1.11. The summed E-state index contributed by atoms with van der Waals surface area (Å²) in [6, 6.07) is 0. The van der Waals surface area contributed by atoms with Gasteiger partial charge in [0.25, 0.3) is 5.67 Å². The van der Waals surface area contributed by atoms with Gasteiger partial charge in [-0.2, -0.15) is 30.6 Å². The van der Waals surface area contributed by atoms with Gasteiger partial charge in [-0.3, -0.25) is 4.79 Å². The number of carbonyl (C=O) groups excluding carboxylic acids is 1. The molecular weight excluding hydrogens is 363 g/mol. The Kier molecular flexibility index (Phi) is 6.85. The van der Waals surface area contributed by atoms with E-state index in [2.05, 4.69) is 4.74 Å². The van der Waals surface area contributed by atoms with Crippen LogP contribution < -0.4 is 0 Å². The van der Waals surface area contributed by atoms with Crippen LogP contribution in [0.2, 0.25) is 0 Å². The van der Waals surface area contributed by atoms with Crippen LogP contribution in [0.1, 0.15) is 13.3 Å². The highest BCUT2D eigenvalue weighted by Crippen LogP contribution is 2.48. The zero-order valence-electron chi connectivity index (χ0n) is 12.0. The van der Waals surface area contributed by atoms with E-state index in [0.29, 0.717) is 0 Å². The van der Waals surface area contributed by atoms with E-state index in [-0.39, 0.29) is 10.9 Å². The number of carbonyl (C=O) groups is 1. The third-order valence-electron chi connectivity index (χ3n) is 2.74. The van der Waals surface area contributed by atoms with Crippen LogP contribution in [-0.4, -0.2) is 62.7 Å². The lowest BCUT2D eigenvalue weighted by Crippen LogP contribution is -2.54. The van der Waals surface area contributed by atoms with E-state index in [0.717, 1.165) is 7.05 Å². The number of ether oxygens (including phenoxy) is 1. The minimum Gasteiger partial charge on any atom is -0.465 e. The average Bonchev–Trinajstić information content (AvgIpc) is 2.33. The molecule has 0 aliphatic rings. The lowest BCUT2D eigenvalue weighted by molar-refractivity contribution is -0.341. The standard InChI is InChI=1S/C10H14F7NO4S/c1-3-22-7(19)6-18(2)23(20,21)5-4-8(11,9(12,13)14)10(15,16)17/h3-6H2,1-2H3. The van der Waals surface area contributed by atoms with Gasteiger partial charge in [0.15, 0.2) is 0 Å². The number of esters is 1. The van der Waals surface area contributed by atoms with Crippen molar-refractivity contribution in [3.05, 3.63) is 0 Å². The number of hydrogen-bond acceptors (Lipinski definition) is 4. The largest absolute Gasteiger partial charge is 0.465 e. The van der Waals surface area contributed by atoms with Crippen molar-refractivity contribution >= 4 is 16.0 Å². The smallest absolute Gasteiger partial charge is 0.431 e. The number of sulfonamides is 1. The van der Waals surface area contributed by atoms with Gasteiger partial charge in [-0.05, 0) is 6.92 Å². The van der Waals surface area contributed by atoms with E-state index in [1.807, 2.05) is 0 Å². The van der Waals surface area contributed by atoms with Crippen molar-refractivity contribution in [2.75, 3.05) is 26.0 Å². The molecule has 0 atom stereocenters. The van der Waals surface area contributed by atoms with Crippen LogP contribution in [0.15, 0.2) is 0 Å². The van der Waals surface area contributed by atoms with Crippen molar-refractivity contribution in [3.8, 4) is 0 Å². The molecule has 138 valence electrons. The zero-order valence-corrected chi connectivity index (χ0v) is 12.8. The molecule has 0 unspecified atom stereocenters. The molecule has 0 aliphatic carbocycles. The molecule has 0 aromatic carbocycles. The highest BCUT2D eigenvalue weighted by atomic mass is 32.2. The Balaban J connectivity index is 5.14. The quantitative estimate of drug-likeness (QED) is 0.503. The van der Waals surface area contributed by atoms with Gasteiger partial charge >= 0.3 is 18.3 Å². The van der Waals surface area contributed by atoms with Crippen LogP contribution in [0, 0.1) is 0 Å². The van der Waals surface area contributed by atoms with Crippen LogP contribution >= 0.6 is 0 Å². The lowest BCUT2D eigenvalue weighted by atomic mass is 10.0. The molecule has 0 bridgehead atoms. The monoisotopic (exact) mass is 377 g/mol. The van der Waals surface area contributed by atoms with Gasteiger partial charge in [0.05, 0.1) is 12.4 Å². The summed E-state index contributed by atoms with van der Waals surface area (Å²) in [5, 5.41) is 0. The minimum absolute atomic E-state index is 0.109. The fourth-order valence-electron chi connectivity index (χ4n) is 1.36. The van der Waals surface area contributed by atoms with E-state index in [1.54, 1.807) is 0 Å².